The van der Waals surface area contributed by atoms with Crippen LogP contribution in [0, 0.1) is 0 Å². The third-order valence-corrected chi connectivity index (χ3v) is 5.59. The fourth-order valence-electron chi connectivity index (χ4n) is 3.80. The Hall–Kier alpha value is -3.61. The van der Waals surface area contributed by atoms with Gasteiger partial charge in [-0.25, -0.2) is 0 Å². The fraction of sp³-hybridized carbons (Fsp3) is 0.300. The average molecular weight is 489 g/mol. The molecule has 3 aromatic carbocycles. The summed E-state index contributed by atoms with van der Waals surface area (Å²) in [7, 11) is 5.60. The molecule has 0 saturated heterocycles. The van der Waals surface area contributed by atoms with Crippen LogP contribution in [-0.2, 0) is 9.53 Å². The molecule has 0 saturated carbocycles. The Labute approximate surface area is 214 Å². The number of carbonyl (C=O) groups is 1. The zero-order chi connectivity index (χ0) is 25.8. The third kappa shape index (κ3) is 7.97. The minimum atomic E-state index is -0.500. The van der Waals surface area contributed by atoms with Crippen molar-refractivity contribution in [2.75, 3.05) is 46.5 Å². The Bertz CT molecular complexity index is 1090. The molecule has 0 spiro atoms. The van der Waals surface area contributed by atoms with E-state index in [1.165, 1.54) is 0 Å². The second kappa shape index (κ2) is 14.1. The normalized spacial score (nSPS) is 12.3. The molecular weight excluding hydrogens is 452 g/mol. The van der Waals surface area contributed by atoms with Crippen molar-refractivity contribution >= 4 is 17.2 Å². The minimum Gasteiger partial charge on any atom is -0.492 e. The van der Waals surface area contributed by atoms with E-state index in [1.807, 2.05) is 93.0 Å². The third-order valence-electron chi connectivity index (χ3n) is 5.59. The highest BCUT2D eigenvalue weighted by atomic mass is 16.7. The number of benzene rings is 3. The standard InChI is InChI=1S/C30H36N2O4/c1-5-9-28(23-10-7-6-8-11-23)29(24-12-16-27(17-13-24)36-22-34-4)30(33)31-25-14-18-26(19-15-25)35-21-20-32(2)3/h6-19,29H,5,20-22H2,1-4H3,(H,31,33)/b28-9+. The number of amides is 1. The highest BCUT2D eigenvalue weighted by Gasteiger charge is 2.26. The second-order valence-electron chi connectivity index (χ2n) is 8.65. The number of carbonyl (C=O) groups excluding carboxylic acids is 1. The van der Waals surface area contributed by atoms with Crippen LogP contribution < -0.4 is 14.8 Å². The van der Waals surface area contributed by atoms with Crippen LogP contribution in [0.5, 0.6) is 11.5 Å². The van der Waals surface area contributed by atoms with Crippen molar-refractivity contribution in [1.29, 1.82) is 0 Å². The predicted molar refractivity (Wildman–Crippen MR) is 146 cm³/mol. The van der Waals surface area contributed by atoms with E-state index in [1.54, 1.807) is 7.11 Å². The monoisotopic (exact) mass is 488 g/mol. The van der Waals surface area contributed by atoms with Gasteiger partial charge in [-0.15, -0.1) is 0 Å². The van der Waals surface area contributed by atoms with E-state index in [9.17, 15) is 4.79 Å². The number of anilines is 1. The number of allylic oxidation sites excluding steroid dienone is 1. The van der Waals surface area contributed by atoms with Gasteiger partial charge in [0.15, 0.2) is 6.79 Å². The van der Waals surface area contributed by atoms with E-state index in [2.05, 4.69) is 23.2 Å². The highest BCUT2D eigenvalue weighted by molar-refractivity contribution is 6.04. The van der Waals surface area contributed by atoms with E-state index in [0.717, 1.165) is 35.4 Å². The maximum absolute atomic E-state index is 13.8. The summed E-state index contributed by atoms with van der Waals surface area (Å²) in [5.74, 6) is 0.851. The SMILES string of the molecule is CC/C=C(\c1ccccc1)C(C(=O)Nc1ccc(OCCN(C)C)cc1)c1ccc(OCOC)cc1. The minimum absolute atomic E-state index is 0.106. The Morgan fingerprint density at radius 2 is 1.56 bits per heavy atom. The molecule has 0 aromatic heterocycles. The molecular formula is C30H36N2O4. The van der Waals surface area contributed by atoms with Crippen molar-refractivity contribution in [3.8, 4) is 11.5 Å². The van der Waals surface area contributed by atoms with Gasteiger partial charge in [-0.1, -0.05) is 55.5 Å². The van der Waals surface area contributed by atoms with E-state index < -0.39 is 5.92 Å². The first kappa shape index (κ1) is 27.0. The van der Waals surface area contributed by atoms with Gasteiger partial charge < -0.3 is 24.4 Å². The quantitative estimate of drug-likeness (QED) is 0.307. The molecule has 36 heavy (non-hydrogen) atoms. The first-order chi connectivity index (χ1) is 17.5. The molecule has 1 atom stereocenters. The predicted octanol–water partition coefficient (Wildman–Crippen LogP) is 5.83. The maximum Gasteiger partial charge on any atom is 0.236 e. The molecule has 1 N–H and O–H groups in total. The number of rotatable bonds is 13. The van der Waals surface area contributed by atoms with E-state index in [0.29, 0.717) is 18.0 Å². The lowest BCUT2D eigenvalue weighted by Crippen LogP contribution is -2.22. The summed E-state index contributed by atoms with van der Waals surface area (Å²) < 4.78 is 16.3. The van der Waals surface area contributed by atoms with Gasteiger partial charge in [0.25, 0.3) is 0 Å². The van der Waals surface area contributed by atoms with Crippen LogP contribution in [0.2, 0.25) is 0 Å². The fourth-order valence-corrected chi connectivity index (χ4v) is 3.80. The molecule has 1 unspecified atom stereocenters. The van der Waals surface area contributed by atoms with Crippen LogP contribution in [0.1, 0.15) is 30.4 Å². The van der Waals surface area contributed by atoms with Gasteiger partial charge in [0.1, 0.15) is 18.1 Å². The number of hydrogen-bond donors (Lipinski definition) is 1. The van der Waals surface area contributed by atoms with Crippen molar-refractivity contribution in [2.24, 2.45) is 0 Å². The Balaban J connectivity index is 1.86. The van der Waals surface area contributed by atoms with Crippen LogP contribution in [0.4, 0.5) is 5.69 Å². The molecule has 6 heteroatoms. The van der Waals surface area contributed by atoms with Gasteiger partial charge in [0, 0.05) is 19.3 Å². The van der Waals surface area contributed by atoms with Crippen molar-refractivity contribution in [2.45, 2.75) is 19.3 Å². The highest BCUT2D eigenvalue weighted by Crippen LogP contribution is 2.35. The van der Waals surface area contributed by atoms with Crippen molar-refractivity contribution in [3.63, 3.8) is 0 Å². The van der Waals surface area contributed by atoms with Crippen LogP contribution in [-0.4, -0.2) is 52.0 Å². The van der Waals surface area contributed by atoms with Gasteiger partial charge in [0.2, 0.25) is 5.91 Å². The molecule has 0 radical (unpaired) electrons. The van der Waals surface area contributed by atoms with Crippen LogP contribution in [0.3, 0.4) is 0 Å². The van der Waals surface area contributed by atoms with E-state index in [4.69, 9.17) is 14.2 Å². The molecule has 0 heterocycles. The van der Waals surface area contributed by atoms with Crippen LogP contribution in [0.25, 0.3) is 5.57 Å². The smallest absolute Gasteiger partial charge is 0.236 e. The number of ether oxygens (including phenoxy) is 3. The average Bonchev–Trinajstić information content (AvgIpc) is 2.89. The number of nitrogens with one attached hydrogen (secondary N) is 1. The van der Waals surface area contributed by atoms with Gasteiger partial charge in [-0.2, -0.15) is 0 Å². The number of nitrogens with zero attached hydrogens (tertiary/aromatic N) is 1. The summed E-state index contributed by atoms with van der Waals surface area (Å²) >= 11 is 0. The molecule has 6 nitrogen and oxygen atoms in total. The molecule has 3 rings (SSSR count). The van der Waals surface area contributed by atoms with Crippen LogP contribution >= 0.6 is 0 Å². The largest absolute Gasteiger partial charge is 0.492 e. The van der Waals surface area contributed by atoms with Crippen molar-refractivity contribution in [3.05, 3.63) is 96.1 Å². The molecule has 0 aliphatic rings. The first-order valence-corrected chi connectivity index (χ1v) is 12.2. The topological polar surface area (TPSA) is 60.0 Å². The Kier molecular flexibility index (Phi) is 10.5. The molecule has 3 aromatic rings. The summed E-state index contributed by atoms with van der Waals surface area (Å²) in [5, 5.41) is 3.10. The number of likely N-dealkylation sites (N-methyl/N-ethyl adjacent to an activating group) is 1. The summed E-state index contributed by atoms with van der Waals surface area (Å²) in [4.78, 5) is 15.8. The molecule has 1 amide bonds. The van der Waals surface area contributed by atoms with Gasteiger partial charge in [-0.3, -0.25) is 4.79 Å². The second-order valence-corrected chi connectivity index (χ2v) is 8.65. The lowest BCUT2D eigenvalue weighted by Gasteiger charge is -2.22. The summed E-state index contributed by atoms with van der Waals surface area (Å²) in [5.41, 5.74) is 3.58. The lowest BCUT2D eigenvalue weighted by atomic mass is 9.85. The Morgan fingerprint density at radius 1 is 0.917 bits per heavy atom. The molecule has 0 bridgehead atoms. The molecule has 190 valence electrons. The molecule has 0 aliphatic carbocycles. The molecule has 0 fully saturated rings. The molecule has 0 aliphatic heterocycles. The summed E-state index contributed by atoms with van der Waals surface area (Å²) in [6, 6.07) is 25.1. The maximum atomic E-state index is 13.8. The van der Waals surface area contributed by atoms with Crippen molar-refractivity contribution < 1.29 is 19.0 Å². The first-order valence-electron chi connectivity index (χ1n) is 12.2. The van der Waals surface area contributed by atoms with Crippen LogP contribution in [0.15, 0.2) is 84.9 Å². The van der Waals surface area contributed by atoms with Gasteiger partial charge in [-0.05, 0) is 73.6 Å². The van der Waals surface area contributed by atoms with Crippen molar-refractivity contribution in [1.82, 2.24) is 4.90 Å². The number of methoxy groups -OCH3 is 1. The zero-order valence-electron chi connectivity index (χ0n) is 21.6. The van der Waals surface area contributed by atoms with E-state index >= 15 is 0 Å². The van der Waals surface area contributed by atoms with E-state index in [-0.39, 0.29) is 12.7 Å². The zero-order valence-corrected chi connectivity index (χ0v) is 21.6. The summed E-state index contributed by atoms with van der Waals surface area (Å²) in [6.45, 7) is 3.69. The lowest BCUT2D eigenvalue weighted by molar-refractivity contribution is -0.116. The number of hydrogen-bond acceptors (Lipinski definition) is 5. The Morgan fingerprint density at radius 3 is 2.17 bits per heavy atom. The summed E-state index contributed by atoms with van der Waals surface area (Å²) in [6.07, 6.45) is 2.93. The van der Waals surface area contributed by atoms with Gasteiger partial charge >= 0.3 is 0 Å². The van der Waals surface area contributed by atoms with Gasteiger partial charge in [0.05, 0.1) is 5.92 Å².